The summed E-state index contributed by atoms with van der Waals surface area (Å²) in [4.78, 5) is 4.24. The maximum atomic E-state index is 5.87. The molecule has 1 N–H and O–H groups in total. The maximum absolute atomic E-state index is 5.87. The molecule has 1 aliphatic heterocycles. The summed E-state index contributed by atoms with van der Waals surface area (Å²) in [6.07, 6.45) is 0.939. The van der Waals surface area contributed by atoms with E-state index < -0.39 is 5.34 Å². The van der Waals surface area contributed by atoms with Crippen LogP contribution in [0.25, 0.3) is 0 Å². The Hall–Kier alpha value is -0.770. The van der Waals surface area contributed by atoms with Gasteiger partial charge in [-0.05, 0) is 19.3 Å². The SMILES string of the molecule is [B]C1([B])NC[C@@]2(c3nc(C)no3)C[C@@H]12. The number of hydrogen-bond donors (Lipinski definition) is 1. The molecule has 0 spiro atoms. The van der Waals surface area contributed by atoms with Gasteiger partial charge in [0.2, 0.25) is 5.89 Å². The van der Waals surface area contributed by atoms with Crippen LogP contribution < -0.4 is 5.32 Å². The van der Waals surface area contributed by atoms with Gasteiger partial charge in [-0.1, -0.05) is 10.5 Å². The number of piperidine rings is 1. The van der Waals surface area contributed by atoms with Crippen molar-refractivity contribution in [3.8, 4) is 0 Å². The second kappa shape index (κ2) is 2.24. The number of aryl methyl sites for hydroxylation is 1. The van der Waals surface area contributed by atoms with Crippen LogP contribution in [0.3, 0.4) is 0 Å². The van der Waals surface area contributed by atoms with Gasteiger partial charge in [-0.15, -0.1) is 0 Å². The van der Waals surface area contributed by atoms with E-state index in [-0.39, 0.29) is 11.3 Å². The Morgan fingerprint density at radius 2 is 2.36 bits per heavy atom. The third-order valence-electron chi connectivity index (χ3n) is 3.32. The number of aromatic nitrogens is 2. The summed E-state index contributed by atoms with van der Waals surface area (Å²) in [5.74, 6) is 1.55. The van der Waals surface area contributed by atoms with Crippen molar-refractivity contribution in [1.82, 2.24) is 15.5 Å². The van der Waals surface area contributed by atoms with E-state index in [0.29, 0.717) is 11.7 Å². The molecule has 0 bridgehead atoms. The molecule has 2 atom stereocenters. The number of rotatable bonds is 1. The zero-order chi connectivity index (χ0) is 9.97. The fourth-order valence-corrected chi connectivity index (χ4v) is 2.37. The van der Waals surface area contributed by atoms with Crippen LogP contribution in [-0.4, -0.2) is 37.7 Å². The van der Waals surface area contributed by atoms with Crippen LogP contribution in [0, 0.1) is 12.8 Å². The van der Waals surface area contributed by atoms with Crippen LogP contribution in [0.1, 0.15) is 18.1 Å². The van der Waals surface area contributed by atoms with Crippen molar-refractivity contribution in [3.05, 3.63) is 11.7 Å². The van der Waals surface area contributed by atoms with E-state index in [1.165, 1.54) is 0 Å². The Labute approximate surface area is 84.6 Å². The Bertz CT molecular complexity index is 392. The van der Waals surface area contributed by atoms with Gasteiger partial charge in [0, 0.05) is 6.54 Å². The van der Waals surface area contributed by atoms with Gasteiger partial charge in [0.1, 0.15) is 0 Å². The predicted octanol–water partition coefficient (Wildman–Crippen LogP) is -0.770. The molecule has 0 amide bonds. The molecule has 1 aromatic rings. The highest BCUT2D eigenvalue weighted by molar-refractivity contribution is 6.41. The van der Waals surface area contributed by atoms with Crippen LogP contribution in [-0.2, 0) is 5.41 Å². The van der Waals surface area contributed by atoms with E-state index in [2.05, 4.69) is 15.5 Å². The van der Waals surface area contributed by atoms with Gasteiger partial charge < -0.3 is 9.84 Å². The largest absolute Gasteiger partial charge is 0.339 e. The van der Waals surface area contributed by atoms with Crippen molar-refractivity contribution >= 4 is 15.7 Å². The standard InChI is InChI=1S/C8H9B2N3O/c1-4-12-6(14-13-4)7-2-5(7)8(9,10)11-3-7/h5,11H,2-3H2,1H3/t5-,7+/m1/s1. The van der Waals surface area contributed by atoms with E-state index in [0.717, 1.165) is 13.0 Å². The van der Waals surface area contributed by atoms with Crippen molar-refractivity contribution < 1.29 is 4.52 Å². The van der Waals surface area contributed by atoms with Crippen molar-refractivity contribution in [2.24, 2.45) is 5.92 Å². The number of nitrogens with zero attached hydrogens (tertiary/aromatic N) is 2. The summed E-state index contributed by atoms with van der Waals surface area (Å²) < 4.78 is 5.17. The summed E-state index contributed by atoms with van der Waals surface area (Å²) in [7, 11) is 11.7. The summed E-state index contributed by atoms with van der Waals surface area (Å²) >= 11 is 0. The lowest BCUT2D eigenvalue weighted by atomic mass is 9.59. The molecule has 0 aromatic carbocycles. The number of fused-ring (bicyclic) bond motifs is 1. The van der Waals surface area contributed by atoms with E-state index in [1.807, 2.05) is 6.92 Å². The quantitative estimate of drug-likeness (QED) is 0.583. The highest BCUT2D eigenvalue weighted by Crippen LogP contribution is 2.60. The molecule has 1 aliphatic carbocycles. The first-order valence-electron chi connectivity index (χ1n) is 4.68. The van der Waals surface area contributed by atoms with Crippen LogP contribution in [0.4, 0.5) is 0 Å². The Morgan fingerprint density at radius 1 is 1.57 bits per heavy atom. The van der Waals surface area contributed by atoms with Crippen LogP contribution in [0.2, 0.25) is 0 Å². The lowest BCUT2D eigenvalue weighted by molar-refractivity contribution is 0.343. The fourth-order valence-electron chi connectivity index (χ4n) is 2.37. The summed E-state index contributed by atoms with van der Waals surface area (Å²) in [6.45, 7) is 2.54. The van der Waals surface area contributed by atoms with Crippen molar-refractivity contribution in [2.75, 3.05) is 6.54 Å². The van der Waals surface area contributed by atoms with E-state index in [1.54, 1.807) is 0 Å². The first-order chi connectivity index (χ1) is 6.55. The lowest BCUT2D eigenvalue weighted by Crippen LogP contribution is -2.44. The van der Waals surface area contributed by atoms with Crippen LogP contribution in [0.15, 0.2) is 4.52 Å². The summed E-state index contributed by atoms with van der Waals surface area (Å²) in [5.41, 5.74) is -0.0925. The average Bonchev–Trinajstić information content (AvgIpc) is 2.64. The average molecular weight is 185 g/mol. The number of hydrogen-bond acceptors (Lipinski definition) is 4. The molecule has 1 saturated carbocycles. The molecular weight excluding hydrogens is 176 g/mol. The summed E-state index contributed by atoms with van der Waals surface area (Å²) in [5, 5.41) is 6.08. The molecule has 14 heavy (non-hydrogen) atoms. The summed E-state index contributed by atoms with van der Waals surface area (Å²) in [6, 6.07) is 0. The van der Waals surface area contributed by atoms with Crippen LogP contribution >= 0.6 is 0 Å². The number of nitrogens with one attached hydrogen (secondary N) is 1. The molecular formula is C8H9B2N3O. The van der Waals surface area contributed by atoms with Gasteiger partial charge in [-0.2, -0.15) is 4.98 Å². The normalized spacial score (nSPS) is 38.2. The third-order valence-corrected chi connectivity index (χ3v) is 3.32. The minimum Gasteiger partial charge on any atom is -0.339 e. The smallest absolute Gasteiger partial charge is 0.234 e. The molecule has 1 saturated heterocycles. The van der Waals surface area contributed by atoms with Crippen LogP contribution in [0.5, 0.6) is 0 Å². The van der Waals surface area contributed by atoms with Gasteiger partial charge in [0.15, 0.2) is 5.82 Å². The molecule has 0 unspecified atom stereocenters. The molecule has 3 rings (SSSR count). The van der Waals surface area contributed by atoms with Gasteiger partial charge >= 0.3 is 0 Å². The van der Waals surface area contributed by atoms with E-state index in [9.17, 15) is 0 Å². The zero-order valence-electron chi connectivity index (χ0n) is 7.95. The third kappa shape index (κ3) is 0.895. The zero-order valence-corrected chi connectivity index (χ0v) is 7.95. The Balaban J connectivity index is 1.96. The Kier molecular flexibility index (Phi) is 1.37. The molecule has 4 nitrogen and oxygen atoms in total. The Morgan fingerprint density at radius 3 is 2.79 bits per heavy atom. The van der Waals surface area contributed by atoms with Gasteiger partial charge in [0.25, 0.3) is 0 Å². The minimum absolute atomic E-state index is 0.0925. The highest BCUT2D eigenvalue weighted by Gasteiger charge is 2.68. The predicted molar refractivity (Wildman–Crippen MR) is 51.1 cm³/mol. The molecule has 2 heterocycles. The fraction of sp³-hybridized carbons (Fsp3) is 0.750. The molecule has 4 radical (unpaired) electrons. The minimum atomic E-state index is -0.775. The molecule has 68 valence electrons. The monoisotopic (exact) mass is 185 g/mol. The van der Waals surface area contributed by atoms with Crippen molar-refractivity contribution in [1.29, 1.82) is 0 Å². The molecule has 6 heteroatoms. The molecule has 2 fully saturated rings. The highest BCUT2D eigenvalue weighted by atomic mass is 16.5. The van der Waals surface area contributed by atoms with Gasteiger partial charge in [-0.3, -0.25) is 0 Å². The molecule has 2 aliphatic rings. The van der Waals surface area contributed by atoms with Crippen molar-refractivity contribution in [2.45, 2.75) is 24.1 Å². The van der Waals surface area contributed by atoms with Gasteiger partial charge in [-0.25, -0.2) is 0 Å². The van der Waals surface area contributed by atoms with E-state index >= 15 is 0 Å². The topological polar surface area (TPSA) is 51.0 Å². The second-order valence-electron chi connectivity index (χ2n) is 4.35. The first kappa shape index (κ1) is 8.53. The maximum Gasteiger partial charge on any atom is 0.234 e. The molecule has 1 aromatic heterocycles. The second-order valence-corrected chi connectivity index (χ2v) is 4.35. The van der Waals surface area contributed by atoms with Crippen molar-refractivity contribution in [3.63, 3.8) is 0 Å². The first-order valence-corrected chi connectivity index (χ1v) is 4.68. The van der Waals surface area contributed by atoms with E-state index in [4.69, 9.17) is 20.2 Å². The van der Waals surface area contributed by atoms with Gasteiger partial charge in [0.05, 0.1) is 21.1 Å². The lowest BCUT2D eigenvalue weighted by Gasteiger charge is -2.21.